The van der Waals surface area contributed by atoms with Crippen LogP contribution >= 0.6 is 0 Å². The summed E-state index contributed by atoms with van der Waals surface area (Å²) in [6.45, 7) is 5.93. The van der Waals surface area contributed by atoms with Crippen LogP contribution in [0.4, 0.5) is 0 Å². The molecule has 3 atom stereocenters. The van der Waals surface area contributed by atoms with E-state index in [0.717, 1.165) is 6.42 Å². The van der Waals surface area contributed by atoms with Gasteiger partial charge in [0.25, 0.3) is 0 Å². The number of nitrogens with zero attached hydrogens (tertiary/aromatic N) is 1. The van der Waals surface area contributed by atoms with Crippen LogP contribution in [0.1, 0.15) is 33.6 Å². The lowest BCUT2D eigenvalue weighted by molar-refractivity contribution is -0.135. The van der Waals surface area contributed by atoms with Gasteiger partial charge in [-0.1, -0.05) is 13.8 Å². The minimum atomic E-state index is -0.953. The molecule has 3 amide bonds. The third-order valence-electron chi connectivity index (χ3n) is 4.17. The smallest absolute Gasteiger partial charge is 0.246 e. The third kappa shape index (κ3) is 4.07. The maximum atomic E-state index is 12.3. The van der Waals surface area contributed by atoms with Crippen molar-refractivity contribution in [3.05, 3.63) is 0 Å². The van der Waals surface area contributed by atoms with Gasteiger partial charge in [-0.05, 0) is 19.3 Å². The Kier molecular flexibility index (Phi) is 5.35. The van der Waals surface area contributed by atoms with Gasteiger partial charge in [0, 0.05) is 13.0 Å². The van der Waals surface area contributed by atoms with Crippen LogP contribution in [-0.4, -0.2) is 59.7 Å². The average molecular weight is 324 g/mol. The summed E-state index contributed by atoms with van der Waals surface area (Å²) in [6, 6.07) is -1.75. The molecule has 0 aromatic carbocycles. The van der Waals surface area contributed by atoms with Crippen LogP contribution in [0, 0.1) is 5.92 Å². The summed E-state index contributed by atoms with van der Waals surface area (Å²) in [5.41, 5.74) is 0. The van der Waals surface area contributed by atoms with Crippen LogP contribution in [0.25, 0.3) is 0 Å². The van der Waals surface area contributed by atoms with E-state index in [9.17, 15) is 19.2 Å². The predicted molar refractivity (Wildman–Crippen MR) is 82.1 cm³/mol. The molecular weight excluding hydrogens is 300 g/mol. The fourth-order valence-electron chi connectivity index (χ4n) is 2.76. The number of hydrogen-bond acceptors (Lipinski definition) is 5. The maximum absolute atomic E-state index is 12.3. The Balaban J connectivity index is 1.86. The van der Waals surface area contributed by atoms with Crippen molar-refractivity contribution >= 4 is 23.5 Å². The summed E-state index contributed by atoms with van der Waals surface area (Å²) < 4.78 is 0. The summed E-state index contributed by atoms with van der Waals surface area (Å²) in [5.74, 6) is -1.03. The first-order chi connectivity index (χ1) is 10.8. The van der Waals surface area contributed by atoms with Gasteiger partial charge in [-0.3, -0.25) is 24.5 Å². The van der Waals surface area contributed by atoms with E-state index >= 15 is 0 Å². The highest BCUT2D eigenvalue weighted by Crippen LogP contribution is 2.10. The zero-order valence-corrected chi connectivity index (χ0v) is 13.7. The lowest BCUT2D eigenvalue weighted by atomic mass is 10.1. The molecule has 23 heavy (non-hydrogen) atoms. The van der Waals surface area contributed by atoms with Gasteiger partial charge in [0.2, 0.25) is 17.7 Å². The molecule has 2 aliphatic rings. The second-order valence-electron chi connectivity index (χ2n) is 6.44. The molecular formula is C15H24N4O4. The van der Waals surface area contributed by atoms with Crippen molar-refractivity contribution in [3.63, 3.8) is 0 Å². The number of rotatable bonds is 6. The number of ketones is 1. The highest BCUT2D eigenvalue weighted by molar-refractivity contribution is 6.09. The van der Waals surface area contributed by atoms with Gasteiger partial charge in [-0.25, -0.2) is 0 Å². The molecule has 0 saturated carbocycles. The molecule has 0 aromatic rings. The van der Waals surface area contributed by atoms with E-state index in [2.05, 4.69) is 16.0 Å². The Bertz CT molecular complexity index is 520. The zero-order chi connectivity index (χ0) is 17.1. The molecule has 8 nitrogen and oxygen atoms in total. The summed E-state index contributed by atoms with van der Waals surface area (Å²) in [4.78, 5) is 49.1. The molecule has 3 N–H and O–H groups in total. The standard InChI is InChI=1S/C15H24N4O4/c1-8(2)14-17-12(15(23)18-14)13(22)9(3)16-10(20)7-19-6-4-5-11(19)21/h8-9,12,14,17H,4-7H2,1-3H3,(H,16,20)(H,18,23). The summed E-state index contributed by atoms with van der Waals surface area (Å²) in [6.07, 6.45) is 0.968. The molecule has 2 saturated heterocycles. The van der Waals surface area contributed by atoms with E-state index in [4.69, 9.17) is 0 Å². The number of likely N-dealkylation sites (tertiary alicyclic amines) is 1. The van der Waals surface area contributed by atoms with E-state index in [0.29, 0.717) is 13.0 Å². The fourth-order valence-corrected chi connectivity index (χ4v) is 2.76. The van der Waals surface area contributed by atoms with Crippen LogP contribution < -0.4 is 16.0 Å². The van der Waals surface area contributed by atoms with E-state index in [-0.39, 0.29) is 42.1 Å². The molecule has 128 valence electrons. The van der Waals surface area contributed by atoms with E-state index in [1.165, 1.54) is 4.90 Å². The molecule has 2 heterocycles. The predicted octanol–water partition coefficient (Wildman–Crippen LogP) is -1.25. The molecule has 8 heteroatoms. The van der Waals surface area contributed by atoms with Crippen molar-refractivity contribution in [1.29, 1.82) is 0 Å². The number of nitrogens with one attached hydrogen (secondary N) is 3. The first-order valence-corrected chi connectivity index (χ1v) is 7.97. The van der Waals surface area contributed by atoms with E-state index in [1.54, 1.807) is 6.92 Å². The average Bonchev–Trinajstić information content (AvgIpc) is 3.04. The summed E-state index contributed by atoms with van der Waals surface area (Å²) in [5, 5.41) is 8.24. The third-order valence-corrected chi connectivity index (χ3v) is 4.17. The number of amides is 3. The first kappa shape index (κ1) is 17.4. The molecule has 0 bridgehead atoms. The summed E-state index contributed by atoms with van der Waals surface area (Å²) in [7, 11) is 0. The number of hydrogen-bond donors (Lipinski definition) is 3. The van der Waals surface area contributed by atoms with Crippen LogP contribution in [0.15, 0.2) is 0 Å². The van der Waals surface area contributed by atoms with Gasteiger partial charge in [-0.2, -0.15) is 0 Å². The monoisotopic (exact) mass is 324 g/mol. The van der Waals surface area contributed by atoms with Gasteiger partial charge >= 0.3 is 0 Å². The van der Waals surface area contributed by atoms with Gasteiger partial charge < -0.3 is 15.5 Å². The second-order valence-corrected chi connectivity index (χ2v) is 6.44. The quantitative estimate of drug-likeness (QED) is 0.529. The number of carbonyl (C=O) groups excluding carboxylic acids is 4. The first-order valence-electron chi connectivity index (χ1n) is 7.97. The molecule has 0 radical (unpaired) electrons. The van der Waals surface area contributed by atoms with Gasteiger partial charge in [0.05, 0.1) is 18.8 Å². The molecule has 3 unspecified atom stereocenters. The van der Waals surface area contributed by atoms with Crippen molar-refractivity contribution in [3.8, 4) is 0 Å². The van der Waals surface area contributed by atoms with E-state index < -0.39 is 12.1 Å². The Labute approximate surface area is 135 Å². The van der Waals surface area contributed by atoms with Crippen molar-refractivity contribution < 1.29 is 19.2 Å². The minimum absolute atomic E-state index is 0.0456. The molecule has 0 aliphatic carbocycles. The number of Topliss-reactive ketones (excluding diaryl/α,β-unsaturated/α-hetero) is 1. The van der Waals surface area contributed by atoms with Crippen molar-refractivity contribution in [2.75, 3.05) is 13.1 Å². The Morgan fingerprint density at radius 1 is 1.30 bits per heavy atom. The lowest BCUT2D eigenvalue weighted by Crippen LogP contribution is -2.51. The van der Waals surface area contributed by atoms with Crippen LogP contribution in [0.3, 0.4) is 0 Å². The van der Waals surface area contributed by atoms with Gasteiger partial charge in [0.1, 0.15) is 6.04 Å². The second kappa shape index (κ2) is 7.08. The normalized spacial score (nSPS) is 25.7. The Hall–Kier alpha value is -1.96. The molecule has 0 aromatic heterocycles. The van der Waals surface area contributed by atoms with Crippen LogP contribution in [-0.2, 0) is 19.2 Å². The zero-order valence-electron chi connectivity index (χ0n) is 13.7. The van der Waals surface area contributed by atoms with Crippen molar-refractivity contribution in [1.82, 2.24) is 20.9 Å². The van der Waals surface area contributed by atoms with Crippen LogP contribution in [0.2, 0.25) is 0 Å². The number of carbonyl (C=O) groups is 4. The molecule has 2 fully saturated rings. The van der Waals surface area contributed by atoms with Crippen molar-refractivity contribution in [2.45, 2.75) is 51.9 Å². The van der Waals surface area contributed by atoms with Crippen molar-refractivity contribution in [2.24, 2.45) is 5.92 Å². The Morgan fingerprint density at radius 3 is 2.52 bits per heavy atom. The molecule has 2 aliphatic heterocycles. The molecule has 0 spiro atoms. The largest absolute Gasteiger partial charge is 0.345 e. The highest BCUT2D eigenvalue weighted by atomic mass is 16.2. The highest BCUT2D eigenvalue weighted by Gasteiger charge is 2.39. The van der Waals surface area contributed by atoms with Crippen LogP contribution in [0.5, 0.6) is 0 Å². The molecule has 2 rings (SSSR count). The summed E-state index contributed by atoms with van der Waals surface area (Å²) >= 11 is 0. The minimum Gasteiger partial charge on any atom is -0.345 e. The fraction of sp³-hybridized carbons (Fsp3) is 0.733. The van der Waals surface area contributed by atoms with Gasteiger partial charge in [0.15, 0.2) is 5.78 Å². The van der Waals surface area contributed by atoms with Gasteiger partial charge in [-0.15, -0.1) is 0 Å². The Morgan fingerprint density at radius 2 is 2.00 bits per heavy atom. The topological polar surface area (TPSA) is 108 Å². The SMILES string of the molecule is CC(NC(=O)CN1CCCC1=O)C(=O)C1NC(C(C)C)NC1=O. The van der Waals surface area contributed by atoms with E-state index in [1.807, 2.05) is 13.8 Å². The maximum Gasteiger partial charge on any atom is 0.246 e. The lowest BCUT2D eigenvalue weighted by Gasteiger charge is -2.20.